The molecule has 1 N–H and O–H groups in total. The molecule has 1 aliphatic heterocycles. The lowest BCUT2D eigenvalue weighted by Gasteiger charge is -2.39. The van der Waals surface area contributed by atoms with Crippen molar-refractivity contribution in [3.05, 3.63) is 83.2 Å². The summed E-state index contributed by atoms with van der Waals surface area (Å²) in [6.45, 7) is 3.64. The van der Waals surface area contributed by atoms with Gasteiger partial charge in [0.2, 0.25) is 10.0 Å². The topological polar surface area (TPSA) is 65.8 Å². The van der Waals surface area contributed by atoms with E-state index < -0.39 is 10.0 Å². The first-order chi connectivity index (χ1) is 14.5. The van der Waals surface area contributed by atoms with E-state index in [9.17, 15) is 8.42 Å². The highest BCUT2D eigenvalue weighted by atomic mass is 79.9. The van der Waals surface area contributed by atoms with E-state index in [1.54, 1.807) is 30.5 Å². The van der Waals surface area contributed by atoms with Crippen molar-refractivity contribution in [1.82, 2.24) is 9.62 Å². The van der Waals surface area contributed by atoms with Gasteiger partial charge in [0.15, 0.2) is 0 Å². The number of furan rings is 1. The van der Waals surface area contributed by atoms with E-state index in [0.717, 1.165) is 36.4 Å². The highest BCUT2D eigenvalue weighted by Crippen LogP contribution is 2.25. The van der Waals surface area contributed by atoms with Crippen molar-refractivity contribution in [3.8, 4) is 0 Å². The molecule has 1 fully saturated rings. The van der Waals surface area contributed by atoms with Gasteiger partial charge in [-0.2, -0.15) is 0 Å². The summed E-state index contributed by atoms with van der Waals surface area (Å²) in [6.07, 6.45) is 1.63. The van der Waals surface area contributed by atoms with Crippen molar-refractivity contribution < 1.29 is 12.8 Å². The fraction of sp³-hybridized carbons (Fsp3) is 0.273. The zero-order chi connectivity index (χ0) is 21.0. The number of halogens is 1. The molecular formula is C22H24BrN3O3S. The van der Waals surface area contributed by atoms with Crippen LogP contribution in [0, 0.1) is 0 Å². The van der Waals surface area contributed by atoms with Gasteiger partial charge < -0.3 is 9.32 Å². The standard InChI is InChI=1S/C22H24BrN3O3S/c23-18-8-10-20(11-9-18)30(27,28)24-17-21(22-7-4-16-29-22)26-14-12-25(13-15-26)19-5-2-1-3-6-19/h1-11,16,21,24H,12-15,17H2/t21-/m0/s1. The fourth-order valence-electron chi connectivity index (χ4n) is 3.71. The summed E-state index contributed by atoms with van der Waals surface area (Å²) >= 11 is 3.34. The maximum Gasteiger partial charge on any atom is 0.240 e. The largest absolute Gasteiger partial charge is 0.468 e. The second-order valence-electron chi connectivity index (χ2n) is 7.20. The summed E-state index contributed by atoms with van der Waals surface area (Å²) in [7, 11) is -3.61. The van der Waals surface area contributed by atoms with Crippen LogP contribution in [0.2, 0.25) is 0 Å². The minimum Gasteiger partial charge on any atom is -0.468 e. The first-order valence-corrected chi connectivity index (χ1v) is 12.1. The van der Waals surface area contributed by atoms with E-state index in [1.165, 1.54) is 5.69 Å². The van der Waals surface area contributed by atoms with Crippen LogP contribution >= 0.6 is 15.9 Å². The molecule has 0 amide bonds. The molecular weight excluding hydrogens is 466 g/mol. The number of sulfonamides is 1. The Bertz CT molecular complexity index is 1030. The Hall–Kier alpha value is -2.13. The molecule has 0 bridgehead atoms. The lowest BCUT2D eigenvalue weighted by atomic mass is 10.1. The molecule has 30 heavy (non-hydrogen) atoms. The SMILES string of the molecule is O=S(=O)(NC[C@@H](c1ccco1)N1CCN(c2ccccc2)CC1)c1ccc(Br)cc1. The van der Waals surface area contributed by atoms with Gasteiger partial charge in [0.25, 0.3) is 0 Å². The van der Waals surface area contributed by atoms with Crippen LogP contribution in [0.25, 0.3) is 0 Å². The third-order valence-corrected chi connectivity index (χ3v) is 7.31. The molecule has 0 unspecified atom stereocenters. The Morgan fingerprint density at radius 3 is 2.27 bits per heavy atom. The van der Waals surface area contributed by atoms with E-state index in [-0.39, 0.29) is 17.5 Å². The van der Waals surface area contributed by atoms with Gasteiger partial charge in [-0.05, 0) is 48.5 Å². The number of hydrogen-bond acceptors (Lipinski definition) is 5. The average molecular weight is 490 g/mol. The summed E-state index contributed by atoms with van der Waals surface area (Å²) in [6, 6.07) is 20.6. The Morgan fingerprint density at radius 1 is 0.933 bits per heavy atom. The lowest BCUT2D eigenvalue weighted by molar-refractivity contribution is 0.166. The second kappa shape index (κ2) is 9.34. The summed E-state index contributed by atoms with van der Waals surface area (Å²) in [5.41, 5.74) is 1.21. The molecule has 0 spiro atoms. The molecule has 4 rings (SSSR count). The van der Waals surface area contributed by atoms with Gasteiger partial charge in [-0.15, -0.1) is 0 Å². The predicted molar refractivity (Wildman–Crippen MR) is 121 cm³/mol. The van der Waals surface area contributed by atoms with E-state index in [0.29, 0.717) is 0 Å². The molecule has 0 saturated carbocycles. The van der Waals surface area contributed by atoms with Gasteiger partial charge in [-0.25, -0.2) is 13.1 Å². The molecule has 2 heterocycles. The number of anilines is 1. The summed E-state index contributed by atoms with van der Waals surface area (Å²) < 4.78 is 34.8. The first kappa shape index (κ1) is 21.1. The van der Waals surface area contributed by atoms with Crippen LogP contribution in [0.4, 0.5) is 5.69 Å². The summed E-state index contributed by atoms with van der Waals surface area (Å²) in [4.78, 5) is 4.88. The third-order valence-electron chi connectivity index (χ3n) is 5.34. The number of piperazine rings is 1. The molecule has 1 saturated heterocycles. The summed E-state index contributed by atoms with van der Waals surface area (Å²) in [5.74, 6) is 0.765. The minimum absolute atomic E-state index is 0.164. The molecule has 3 aromatic rings. The number of nitrogens with one attached hydrogen (secondary N) is 1. The van der Waals surface area contributed by atoms with E-state index in [1.807, 2.05) is 30.3 Å². The van der Waals surface area contributed by atoms with Crippen LogP contribution in [0.1, 0.15) is 11.8 Å². The number of benzene rings is 2. The second-order valence-corrected chi connectivity index (χ2v) is 9.88. The highest BCUT2D eigenvalue weighted by Gasteiger charge is 2.28. The smallest absolute Gasteiger partial charge is 0.240 e. The molecule has 1 atom stereocenters. The van der Waals surface area contributed by atoms with Gasteiger partial charge in [0, 0.05) is 42.9 Å². The van der Waals surface area contributed by atoms with Crippen LogP contribution < -0.4 is 9.62 Å². The van der Waals surface area contributed by atoms with Crippen LogP contribution in [0.3, 0.4) is 0 Å². The third kappa shape index (κ3) is 4.95. The van der Waals surface area contributed by atoms with Gasteiger partial charge in [0.1, 0.15) is 5.76 Å². The Labute approximate surface area is 185 Å². The molecule has 6 nitrogen and oxygen atoms in total. The van der Waals surface area contributed by atoms with Crippen molar-refractivity contribution in [2.24, 2.45) is 0 Å². The molecule has 2 aromatic carbocycles. The monoisotopic (exact) mass is 489 g/mol. The molecule has 8 heteroatoms. The van der Waals surface area contributed by atoms with Crippen molar-refractivity contribution >= 4 is 31.6 Å². The first-order valence-electron chi connectivity index (χ1n) is 9.85. The van der Waals surface area contributed by atoms with Crippen LogP contribution in [-0.2, 0) is 10.0 Å². The zero-order valence-electron chi connectivity index (χ0n) is 16.4. The van der Waals surface area contributed by atoms with Gasteiger partial charge >= 0.3 is 0 Å². The van der Waals surface area contributed by atoms with Crippen molar-refractivity contribution in [2.45, 2.75) is 10.9 Å². The Kier molecular flexibility index (Phi) is 6.58. The average Bonchev–Trinajstić information content (AvgIpc) is 3.30. The van der Waals surface area contributed by atoms with Crippen LogP contribution in [0.15, 0.2) is 86.8 Å². The van der Waals surface area contributed by atoms with Gasteiger partial charge in [-0.1, -0.05) is 34.1 Å². The molecule has 0 aliphatic carbocycles. The number of hydrogen-bond donors (Lipinski definition) is 1. The normalized spacial score (nSPS) is 16.5. The maximum atomic E-state index is 12.8. The maximum absolute atomic E-state index is 12.8. The number of rotatable bonds is 7. The van der Waals surface area contributed by atoms with Crippen LogP contribution in [-0.4, -0.2) is 46.0 Å². The van der Waals surface area contributed by atoms with Crippen LogP contribution in [0.5, 0.6) is 0 Å². The minimum atomic E-state index is -3.61. The van der Waals surface area contributed by atoms with Crippen molar-refractivity contribution in [1.29, 1.82) is 0 Å². The van der Waals surface area contributed by atoms with E-state index >= 15 is 0 Å². The van der Waals surface area contributed by atoms with E-state index in [2.05, 4.69) is 42.6 Å². The number of nitrogens with zero attached hydrogens (tertiary/aromatic N) is 2. The van der Waals surface area contributed by atoms with Gasteiger partial charge in [0.05, 0.1) is 17.2 Å². The Morgan fingerprint density at radius 2 is 1.63 bits per heavy atom. The lowest BCUT2D eigenvalue weighted by Crippen LogP contribution is -2.49. The summed E-state index contributed by atoms with van der Waals surface area (Å²) in [5, 5.41) is 0. The van der Waals surface area contributed by atoms with Crippen molar-refractivity contribution in [3.63, 3.8) is 0 Å². The highest BCUT2D eigenvalue weighted by molar-refractivity contribution is 9.10. The van der Waals surface area contributed by atoms with Gasteiger partial charge in [-0.3, -0.25) is 4.90 Å². The number of para-hydroxylation sites is 1. The predicted octanol–water partition coefficient (Wildman–Crippen LogP) is 3.88. The molecule has 1 aromatic heterocycles. The molecule has 1 aliphatic rings. The molecule has 0 radical (unpaired) electrons. The Balaban J connectivity index is 1.45. The zero-order valence-corrected chi connectivity index (χ0v) is 18.8. The fourth-order valence-corrected chi connectivity index (χ4v) is 5.01. The molecule has 158 valence electrons. The van der Waals surface area contributed by atoms with E-state index in [4.69, 9.17) is 4.42 Å². The quantitative estimate of drug-likeness (QED) is 0.545. The van der Waals surface area contributed by atoms with Crippen molar-refractivity contribution in [2.75, 3.05) is 37.6 Å².